The Morgan fingerprint density at radius 1 is 1.29 bits per heavy atom. The van der Waals surface area contributed by atoms with Crippen LogP contribution >= 0.6 is 0 Å². The number of hydrogen-bond donors (Lipinski definition) is 2. The van der Waals surface area contributed by atoms with Crippen molar-refractivity contribution < 1.29 is 5.11 Å². The van der Waals surface area contributed by atoms with Crippen molar-refractivity contribution >= 4 is 0 Å². The van der Waals surface area contributed by atoms with Crippen LogP contribution in [-0.4, -0.2) is 18.2 Å². The van der Waals surface area contributed by atoms with E-state index in [2.05, 4.69) is 17.4 Å². The smallest absolute Gasteiger partial charge is 0.119 e. The van der Waals surface area contributed by atoms with Crippen LogP contribution in [0.4, 0.5) is 0 Å². The van der Waals surface area contributed by atoms with Crippen LogP contribution in [0.5, 0.6) is 5.75 Å². The molecule has 2 N–H and O–H groups in total. The molecule has 1 aromatic carbocycles. The van der Waals surface area contributed by atoms with E-state index in [9.17, 15) is 5.11 Å². The van der Waals surface area contributed by atoms with E-state index < -0.39 is 0 Å². The minimum absolute atomic E-state index is 0.469. The molecule has 0 aliphatic carbocycles. The van der Waals surface area contributed by atoms with Gasteiger partial charge in [0.05, 0.1) is 0 Å². The highest BCUT2D eigenvalue weighted by Gasteiger charge is 2.17. The van der Waals surface area contributed by atoms with Crippen molar-refractivity contribution in [1.29, 1.82) is 0 Å². The van der Waals surface area contributed by atoms with Crippen LogP contribution in [0, 0.1) is 6.92 Å². The first kappa shape index (κ1) is 9.53. The summed E-state index contributed by atoms with van der Waals surface area (Å²) in [5.41, 5.74) is 2.25. The monoisotopic (exact) mass is 191 g/mol. The van der Waals surface area contributed by atoms with E-state index in [1.165, 1.54) is 0 Å². The second-order valence-electron chi connectivity index (χ2n) is 4.09. The summed E-state index contributed by atoms with van der Waals surface area (Å²) < 4.78 is 0. The van der Waals surface area contributed by atoms with Crippen molar-refractivity contribution in [2.75, 3.05) is 13.1 Å². The Kier molecular flexibility index (Phi) is 2.73. The Labute approximate surface area is 85.0 Å². The molecule has 14 heavy (non-hydrogen) atoms. The summed E-state index contributed by atoms with van der Waals surface area (Å²) >= 11 is 0. The molecule has 0 radical (unpaired) electrons. The van der Waals surface area contributed by atoms with E-state index in [1.54, 1.807) is 0 Å². The molecule has 0 unspecified atom stereocenters. The van der Waals surface area contributed by atoms with Crippen molar-refractivity contribution in [3.05, 3.63) is 29.3 Å². The zero-order valence-electron chi connectivity index (χ0n) is 8.59. The molecular formula is C12H17NO. The summed E-state index contributed by atoms with van der Waals surface area (Å²) in [6, 6.07) is 6.01. The van der Waals surface area contributed by atoms with Crippen LogP contribution in [-0.2, 0) is 0 Å². The molecule has 0 amide bonds. The lowest BCUT2D eigenvalue weighted by molar-refractivity contribution is 0.424. The van der Waals surface area contributed by atoms with Crippen LogP contribution < -0.4 is 5.32 Å². The Balaban J connectivity index is 2.22. The molecule has 1 aromatic rings. The quantitative estimate of drug-likeness (QED) is 0.713. The third-order valence-electron chi connectivity index (χ3n) is 2.96. The van der Waals surface area contributed by atoms with Gasteiger partial charge in [0.25, 0.3) is 0 Å². The van der Waals surface area contributed by atoms with Gasteiger partial charge in [-0.3, -0.25) is 0 Å². The van der Waals surface area contributed by atoms with Crippen LogP contribution in [0.2, 0.25) is 0 Å². The lowest BCUT2D eigenvalue weighted by Gasteiger charge is -2.23. The Bertz CT molecular complexity index is 316. The molecule has 1 fully saturated rings. The standard InChI is InChI=1S/C12H17NO/c1-9-2-3-11(12(14)8-9)10-4-6-13-7-5-10/h2-3,8,10,13-14H,4-7H2,1H3. The average molecular weight is 191 g/mol. The molecule has 0 spiro atoms. The van der Waals surface area contributed by atoms with Gasteiger partial charge in [0, 0.05) is 0 Å². The molecule has 76 valence electrons. The van der Waals surface area contributed by atoms with E-state index in [0.717, 1.165) is 37.1 Å². The van der Waals surface area contributed by atoms with Gasteiger partial charge in [-0.25, -0.2) is 0 Å². The van der Waals surface area contributed by atoms with Crippen LogP contribution in [0.25, 0.3) is 0 Å². The van der Waals surface area contributed by atoms with Gasteiger partial charge in [-0.2, -0.15) is 0 Å². The molecule has 0 bridgehead atoms. The molecule has 2 nitrogen and oxygen atoms in total. The normalized spacial score (nSPS) is 18.4. The minimum atomic E-state index is 0.469. The molecule has 0 aromatic heterocycles. The molecule has 2 heteroatoms. The van der Waals surface area contributed by atoms with Gasteiger partial charge in [0.1, 0.15) is 5.75 Å². The van der Waals surface area contributed by atoms with Gasteiger partial charge < -0.3 is 10.4 Å². The average Bonchev–Trinajstić information content (AvgIpc) is 2.19. The number of aromatic hydroxyl groups is 1. The van der Waals surface area contributed by atoms with Gasteiger partial charge in [-0.1, -0.05) is 12.1 Å². The summed E-state index contributed by atoms with van der Waals surface area (Å²) in [5, 5.41) is 13.2. The van der Waals surface area contributed by atoms with Crippen molar-refractivity contribution in [1.82, 2.24) is 5.32 Å². The van der Waals surface area contributed by atoms with E-state index in [4.69, 9.17) is 0 Å². The first-order chi connectivity index (χ1) is 6.77. The molecule has 1 aliphatic heterocycles. The molecule has 0 atom stereocenters. The molecule has 0 saturated carbocycles. The summed E-state index contributed by atoms with van der Waals surface area (Å²) in [7, 11) is 0. The predicted molar refractivity (Wildman–Crippen MR) is 57.7 cm³/mol. The minimum Gasteiger partial charge on any atom is -0.508 e. The van der Waals surface area contributed by atoms with Crippen LogP contribution in [0.3, 0.4) is 0 Å². The topological polar surface area (TPSA) is 32.3 Å². The van der Waals surface area contributed by atoms with Crippen molar-refractivity contribution in [2.45, 2.75) is 25.7 Å². The second-order valence-corrected chi connectivity index (χ2v) is 4.09. The number of phenolic OH excluding ortho intramolecular Hbond substituents is 1. The van der Waals surface area contributed by atoms with E-state index in [1.807, 2.05) is 13.0 Å². The summed E-state index contributed by atoms with van der Waals surface area (Å²) in [6.45, 7) is 4.14. The molecule has 1 heterocycles. The van der Waals surface area contributed by atoms with Crippen LogP contribution in [0.15, 0.2) is 18.2 Å². The van der Waals surface area contributed by atoms with Gasteiger partial charge in [-0.15, -0.1) is 0 Å². The maximum absolute atomic E-state index is 9.82. The second kappa shape index (κ2) is 4.01. The maximum atomic E-state index is 9.82. The van der Waals surface area contributed by atoms with Crippen LogP contribution in [0.1, 0.15) is 29.9 Å². The predicted octanol–water partition coefficient (Wildman–Crippen LogP) is 2.17. The van der Waals surface area contributed by atoms with Gasteiger partial charge in [0.15, 0.2) is 0 Å². The lowest BCUT2D eigenvalue weighted by Crippen LogP contribution is -2.26. The number of hydrogen-bond acceptors (Lipinski definition) is 2. The van der Waals surface area contributed by atoms with E-state index in [-0.39, 0.29) is 0 Å². The SMILES string of the molecule is Cc1ccc(C2CCNCC2)c(O)c1. The molecule has 2 rings (SSSR count). The molecular weight excluding hydrogens is 174 g/mol. The highest BCUT2D eigenvalue weighted by atomic mass is 16.3. The highest BCUT2D eigenvalue weighted by Crippen LogP contribution is 2.32. The summed E-state index contributed by atoms with van der Waals surface area (Å²) in [6.07, 6.45) is 2.27. The largest absolute Gasteiger partial charge is 0.508 e. The Morgan fingerprint density at radius 2 is 2.00 bits per heavy atom. The Morgan fingerprint density at radius 3 is 2.64 bits per heavy atom. The lowest BCUT2D eigenvalue weighted by atomic mass is 9.89. The zero-order valence-corrected chi connectivity index (χ0v) is 8.59. The molecule has 1 saturated heterocycles. The fraction of sp³-hybridized carbons (Fsp3) is 0.500. The van der Waals surface area contributed by atoms with Gasteiger partial charge in [0.2, 0.25) is 0 Å². The summed E-state index contributed by atoms with van der Waals surface area (Å²) in [5.74, 6) is 1.01. The number of rotatable bonds is 1. The Hall–Kier alpha value is -1.02. The summed E-state index contributed by atoms with van der Waals surface area (Å²) in [4.78, 5) is 0. The number of piperidine rings is 1. The zero-order chi connectivity index (χ0) is 9.97. The number of phenols is 1. The number of benzene rings is 1. The number of aryl methyl sites for hydroxylation is 1. The van der Waals surface area contributed by atoms with Crippen molar-refractivity contribution in [3.63, 3.8) is 0 Å². The van der Waals surface area contributed by atoms with E-state index >= 15 is 0 Å². The highest BCUT2D eigenvalue weighted by molar-refractivity contribution is 5.38. The molecule has 1 aliphatic rings. The first-order valence-electron chi connectivity index (χ1n) is 5.27. The van der Waals surface area contributed by atoms with Crippen molar-refractivity contribution in [3.8, 4) is 5.75 Å². The number of nitrogens with one attached hydrogen (secondary N) is 1. The van der Waals surface area contributed by atoms with Crippen molar-refractivity contribution in [2.24, 2.45) is 0 Å². The first-order valence-corrected chi connectivity index (χ1v) is 5.27. The van der Waals surface area contributed by atoms with Gasteiger partial charge in [-0.05, 0) is 56.0 Å². The fourth-order valence-corrected chi connectivity index (χ4v) is 2.13. The third kappa shape index (κ3) is 1.90. The van der Waals surface area contributed by atoms with E-state index in [0.29, 0.717) is 11.7 Å². The fourth-order valence-electron chi connectivity index (χ4n) is 2.13. The maximum Gasteiger partial charge on any atom is 0.119 e. The third-order valence-corrected chi connectivity index (χ3v) is 2.96. The van der Waals surface area contributed by atoms with Gasteiger partial charge >= 0.3 is 0 Å².